The molecule has 0 radical (unpaired) electrons. The molecule has 128 valence electrons. The van der Waals surface area contributed by atoms with Gasteiger partial charge in [-0.05, 0) is 45.7 Å². The first-order valence-electron chi connectivity index (χ1n) is 8.46. The van der Waals surface area contributed by atoms with Crippen molar-refractivity contribution in [2.24, 2.45) is 0 Å². The molecule has 3 heterocycles. The summed E-state index contributed by atoms with van der Waals surface area (Å²) in [5, 5.41) is 14.9. The molecule has 0 bridgehead atoms. The highest BCUT2D eigenvalue weighted by Gasteiger charge is 2.32. The molecular weight excluding hydrogens is 310 g/mol. The molecule has 0 unspecified atom stereocenters. The summed E-state index contributed by atoms with van der Waals surface area (Å²) >= 11 is 0. The van der Waals surface area contributed by atoms with Crippen LogP contribution in [0.1, 0.15) is 55.1 Å². The number of carbonyl (C=O) groups excluding carboxylic acids is 1. The molecule has 1 saturated carbocycles. The van der Waals surface area contributed by atoms with E-state index in [9.17, 15) is 4.79 Å². The number of nitrogens with zero attached hydrogens (tertiary/aromatic N) is 4. The second-order valence-electron chi connectivity index (χ2n) is 6.67. The number of nitrogens with one attached hydrogen (secondary N) is 1. The van der Waals surface area contributed by atoms with Crippen LogP contribution in [0.2, 0.25) is 0 Å². The molecular formula is C16H21N5O3. The van der Waals surface area contributed by atoms with Gasteiger partial charge in [-0.3, -0.25) is 9.69 Å². The Morgan fingerprint density at radius 3 is 2.46 bits per heavy atom. The SMILES string of the molecule is Cc1cc(NC(=O)CN2CCC(c3nnc(C4CC4)o3)CC2)no1. The third kappa shape index (κ3) is 3.48. The second kappa shape index (κ2) is 6.35. The zero-order chi connectivity index (χ0) is 16.5. The van der Waals surface area contributed by atoms with E-state index in [4.69, 9.17) is 8.94 Å². The number of anilines is 1. The molecule has 0 aromatic carbocycles. The Bertz CT molecular complexity index is 713. The Morgan fingerprint density at radius 1 is 1.21 bits per heavy atom. The molecule has 1 aliphatic carbocycles. The first kappa shape index (κ1) is 15.3. The van der Waals surface area contributed by atoms with Gasteiger partial charge in [0.05, 0.1) is 6.54 Å². The number of carbonyl (C=O) groups is 1. The fraction of sp³-hybridized carbons (Fsp3) is 0.625. The zero-order valence-corrected chi connectivity index (χ0v) is 13.7. The Balaban J connectivity index is 1.25. The third-order valence-electron chi connectivity index (χ3n) is 4.58. The summed E-state index contributed by atoms with van der Waals surface area (Å²) in [5.41, 5.74) is 0. The van der Waals surface area contributed by atoms with Crippen molar-refractivity contribution >= 4 is 11.7 Å². The lowest BCUT2D eigenvalue weighted by Crippen LogP contribution is -2.38. The van der Waals surface area contributed by atoms with E-state index in [2.05, 4.69) is 25.6 Å². The summed E-state index contributed by atoms with van der Waals surface area (Å²) in [4.78, 5) is 14.2. The maximum atomic E-state index is 12.1. The van der Waals surface area contributed by atoms with Gasteiger partial charge >= 0.3 is 0 Å². The summed E-state index contributed by atoms with van der Waals surface area (Å²) in [6.45, 7) is 3.84. The summed E-state index contributed by atoms with van der Waals surface area (Å²) in [6.07, 6.45) is 4.20. The maximum Gasteiger partial charge on any atom is 0.239 e. The standard InChI is InChI=1S/C16H21N5O3/c1-10-8-13(20-24-10)17-14(22)9-21-6-4-12(5-7-21)16-19-18-15(23-16)11-2-3-11/h8,11-12H,2-7,9H2,1H3,(H,17,20,22). The average molecular weight is 331 g/mol. The third-order valence-corrected chi connectivity index (χ3v) is 4.58. The molecule has 8 nitrogen and oxygen atoms in total. The van der Waals surface area contributed by atoms with Crippen LogP contribution in [0.3, 0.4) is 0 Å². The Labute approximate surface area is 139 Å². The number of amides is 1. The van der Waals surface area contributed by atoms with Gasteiger partial charge in [-0.1, -0.05) is 5.16 Å². The first-order chi connectivity index (χ1) is 11.7. The highest BCUT2D eigenvalue weighted by molar-refractivity contribution is 5.91. The normalized spacial score (nSPS) is 19.5. The second-order valence-corrected chi connectivity index (χ2v) is 6.67. The molecule has 1 amide bonds. The molecule has 2 aromatic rings. The maximum absolute atomic E-state index is 12.1. The lowest BCUT2D eigenvalue weighted by atomic mass is 9.97. The Hall–Kier alpha value is -2.22. The molecule has 0 spiro atoms. The number of aromatic nitrogens is 3. The van der Waals surface area contributed by atoms with E-state index < -0.39 is 0 Å². The summed E-state index contributed by atoms with van der Waals surface area (Å²) in [6, 6.07) is 1.71. The van der Waals surface area contributed by atoms with Gasteiger partial charge in [0.2, 0.25) is 17.7 Å². The van der Waals surface area contributed by atoms with Gasteiger partial charge in [0.1, 0.15) is 5.76 Å². The molecule has 0 atom stereocenters. The molecule has 8 heteroatoms. The minimum atomic E-state index is -0.0736. The fourth-order valence-corrected chi connectivity index (χ4v) is 3.06. The van der Waals surface area contributed by atoms with Gasteiger partial charge in [0.15, 0.2) is 5.82 Å². The zero-order valence-electron chi connectivity index (χ0n) is 13.7. The molecule has 4 rings (SSSR count). The van der Waals surface area contributed by atoms with Crippen molar-refractivity contribution in [2.75, 3.05) is 25.0 Å². The molecule has 1 N–H and O–H groups in total. The van der Waals surface area contributed by atoms with Crippen LogP contribution in [0.15, 0.2) is 15.0 Å². The monoisotopic (exact) mass is 331 g/mol. The number of aryl methyl sites for hydroxylation is 1. The van der Waals surface area contributed by atoms with E-state index in [0.29, 0.717) is 30.0 Å². The van der Waals surface area contributed by atoms with Crippen LogP contribution < -0.4 is 5.32 Å². The molecule has 1 saturated heterocycles. The number of piperidine rings is 1. The number of likely N-dealkylation sites (tertiary alicyclic amines) is 1. The van der Waals surface area contributed by atoms with E-state index in [0.717, 1.165) is 37.7 Å². The largest absolute Gasteiger partial charge is 0.425 e. The minimum Gasteiger partial charge on any atom is -0.425 e. The van der Waals surface area contributed by atoms with Crippen molar-refractivity contribution in [3.05, 3.63) is 23.6 Å². The first-order valence-corrected chi connectivity index (χ1v) is 8.46. The summed E-state index contributed by atoms with van der Waals surface area (Å²) in [5.74, 6) is 3.43. The van der Waals surface area contributed by atoms with Crippen molar-refractivity contribution < 1.29 is 13.7 Å². The van der Waals surface area contributed by atoms with Crippen LogP contribution in [0.5, 0.6) is 0 Å². The van der Waals surface area contributed by atoms with Crippen LogP contribution in [-0.2, 0) is 4.79 Å². The van der Waals surface area contributed by atoms with E-state index in [1.807, 2.05) is 0 Å². The van der Waals surface area contributed by atoms with E-state index in [1.165, 1.54) is 12.8 Å². The van der Waals surface area contributed by atoms with Crippen LogP contribution in [0.4, 0.5) is 5.82 Å². The fourth-order valence-electron chi connectivity index (χ4n) is 3.06. The van der Waals surface area contributed by atoms with Crippen molar-refractivity contribution in [2.45, 2.75) is 44.4 Å². The number of rotatable bonds is 5. The van der Waals surface area contributed by atoms with Gasteiger partial charge in [-0.15, -0.1) is 10.2 Å². The smallest absolute Gasteiger partial charge is 0.239 e. The van der Waals surface area contributed by atoms with Gasteiger partial charge < -0.3 is 14.3 Å². The van der Waals surface area contributed by atoms with Crippen LogP contribution in [-0.4, -0.2) is 45.8 Å². The van der Waals surface area contributed by atoms with Gasteiger partial charge in [-0.2, -0.15) is 0 Å². The lowest BCUT2D eigenvalue weighted by Gasteiger charge is -2.29. The van der Waals surface area contributed by atoms with Crippen LogP contribution in [0.25, 0.3) is 0 Å². The summed E-state index contributed by atoms with van der Waals surface area (Å²) < 4.78 is 10.7. The molecule has 2 fully saturated rings. The lowest BCUT2D eigenvalue weighted by molar-refractivity contribution is -0.117. The molecule has 24 heavy (non-hydrogen) atoms. The van der Waals surface area contributed by atoms with Crippen molar-refractivity contribution in [1.82, 2.24) is 20.3 Å². The van der Waals surface area contributed by atoms with Crippen molar-refractivity contribution in [3.63, 3.8) is 0 Å². The predicted molar refractivity (Wildman–Crippen MR) is 84.6 cm³/mol. The number of hydrogen-bond donors (Lipinski definition) is 1. The molecule has 2 aliphatic rings. The number of hydrogen-bond acceptors (Lipinski definition) is 7. The molecule has 1 aliphatic heterocycles. The van der Waals surface area contributed by atoms with E-state index >= 15 is 0 Å². The quantitative estimate of drug-likeness (QED) is 0.895. The van der Waals surface area contributed by atoms with Crippen LogP contribution in [0, 0.1) is 6.92 Å². The van der Waals surface area contributed by atoms with Crippen LogP contribution >= 0.6 is 0 Å². The van der Waals surface area contributed by atoms with E-state index in [1.54, 1.807) is 13.0 Å². The minimum absolute atomic E-state index is 0.0736. The molecule has 2 aromatic heterocycles. The highest BCUT2D eigenvalue weighted by atomic mass is 16.5. The van der Waals surface area contributed by atoms with Crippen molar-refractivity contribution in [1.29, 1.82) is 0 Å². The van der Waals surface area contributed by atoms with Gasteiger partial charge in [0, 0.05) is 17.9 Å². The predicted octanol–water partition coefficient (Wildman–Crippen LogP) is 2.06. The van der Waals surface area contributed by atoms with Gasteiger partial charge in [0.25, 0.3) is 0 Å². The Morgan fingerprint density at radius 2 is 1.88 bits per heavy atom. The van der Waals surface area contributed by atoms with Gasteiger partial charge in [-0.25, -0.2) is 0 Å². The van der Waals surface area contributed by atoms with Crippen molar-refractivity contribution in [3.8, 4) is 0 Å². The topological polar surface area (TPSA) is 97.3 Å². The Kier molecular flexibility index (Phi) is 4.05. The van der Waals surface area contributed by atoms with E-state index in [-0.39, 0.29) is 5.91 Å². The average Bonchev–Trinajstić information content (AvgIpc) is 3.16. The summed E-state index contributed by atoms with van der Waals surface area (Å²) in [7, 11) is 0. The highest BCUT2D eigenvalue weighted by Crippen LogP contribution is 2.40.